The van der Waals surface area contributed by atoms with E-state index >= 15 is 0 Å². The molecular formula is C11H21F3N2O. The van der Waals surface area contributed by atoms with Gasteiger partial charge in [0.25, 0.3) is 0 Å². The summed E-state index contributed by atoms with van der Waals surface area (Å²) in [5.74, 6) is -1.41. The van der Waals surface area contributed by atoms with Crippen molar-refractivity contribution in [3.63, 3.8) is 0 Å². The van der Waals surface area contributed by atoms with Crippen LogP contribution in [0.3, 0.4) is 0 Å². The molecule has 3 nitrogen and oxygen atoms in total. The van der Waals surface area contributed by atoms with Crippen LogP contribution in [-0.4, -0.2) is 50.0 Å². The number of rotatable bonds is 5. The highest BCUT2D eigenvalue weighted by molar-refractivity contribution is 4.78. The van der Waals surface area contributed by atoms with Crippen LogP contribution < -0.4 is 5.73 Å². The summed E-state index contributed by atoms with van der Waals surface area (Å²) < 4.78 is 43.1. The molecule has 1 aliphatic rings. The Balaban J connectivity index is 2.34. The average molecular weight is 254 g/mol. The first kappa shape index (κ1) is 14.7. The van der Waals surface area contributed by atoms with E-state index in [9.17, 15) is 13.2 Å². The summed E-state index contributed by atoms with van der Waals surface area (Å²) >= 11 is 0. The third-order valence-electron chi connectivity index (χ3n) is 3.16. The number of nitrogens with two attached hydrogens (primary N) is 1. The van der Waals surface area contributed by atoms with E-state index in [1.807, 2.05) is 11.8 Å². The number of hydrogen-bond acceptors (Lipinski definition) is 3. The molecule has 0 aromatic rings. The van der Waals surface area contributed by atoms with Crippen LogP contribution in [0.2, 0.25) is 0 Å². The van der Waals surface area contributed by atoms with Gasteiger partial charge in [0.1, 0.15) is 0 Å². The molecule has 1 rings (SSSR count). The first-order chi connectivity index (χ1) is 7.97. The molecule has 1 heterocycles. The molecule has 0 amide bonds. The Morgan fingerprint density at radius 3 is 2.35 bits per heavy atom. The maximum Gasteiger partial charge on any atom is 0.394 e. The molecule has 2 N–H and O–H groups in total. The molecule has 1 saturated heterocycles. The van der Waals surface area contributed by atoms with Crippen LogP contribution in [0, 0.1) is 5.92 Å². The lowest BCUT2D eigenvalue weighted by atomic mass is 10.0. The van der Waals surface area contributed by atoms with Crippen molar-refractivity contribution < 1.29 is 17.9 Å². The lowest BCUT2D eigenvalue weighted by Crippen LogP contribution is -2.45. The number of piperidine rings is 1. The smallest absolute Gasteiger partial charge is 0.378 e. The Morgan fingerprint density at radius 1 is 1.35 bits per heavy atom. The SMILES string of the molecule is CCOC1CCN(CC(CN)C(F)(F)F)CC1. The maximum atomic E-state index is 12.5. The number of hydrogen-bond donors (Lipinski definition) is 1. The van der Waals surface area contributed by atoms with Gasteiger partial charge < -0.3 is 15.4 Å². The average Bonchev–Trinajstić information content (AvgIpc) is 2.27. The second-order valence-electron chi connectivity index (χ2n) is 4.43. The summed E-state index contributed by atoms with van der Waals surface area (Å²) in [6.07, 6.45) is -2.37. The largest absolute Gasteiger partial charge is 0.394 e. The zero-order chi connectivity index (χ0) is 12.9. The number of alkyl halides is 3. The van der Waals surface area contributed by atoms with Crippen LogP contribution in [0.15, 0.2) is 0 Å². The summed E-state index contributed by atoms with van der Waals surface area (Å²) in [6.45, 7) is 3.60. The molecule has 1 fully saturated rings. The van der Waals surface area contributed by atoms with Crippen LogP contribution in [-0.2, 0) is 4.74 Å². The van der Waals surface area contributed by atoms with E-state index in [4.69, 9.17) is 10.5 Å². The second-order valence-corrected chi connectivity index (χ2v) is 4.43. The molecule has 0 aromatic carbocycles. The molecule has 0 bridgehead atoms. The summed E-state index contributed by atoms with van der Waals surface area (Å²) in [4.78, 5) is 1.83. The molecule has 1 aliphatic heterocycles. The molecule has 17 heavy (non-hydrogen) atoms. The van der Waals surface area contributed by atoms with E-state index in [-0.39, 0.29) is 19.2 Å². The zero-order valence-corrected chi connectivity index (χ0v) is 10.2. The van der Waals surface area contributed by atoms with Crippen LogP contribution >= 0.6 is 0 Å². The van der Waals surface area contributed by atoms with Gasteiger partial charge in [-0.2, -0.15) is 13.2 Å². The quantitative estimate of drug-likeness (QED) is 0.810. The first-order valence-corrected chi connectivity index (χ1v) is 6.08. The number of ether oxygens (including phenoxy) is 1. The van der Waals surface area contributed by atoms with Crippen molar-refractivity contribution in [1.29, 1.82) is 0 Å². The van der Waals surface area contributed by atoms with E-state index in [0.29, 0.717) is 19.7 Å². The fourth-order valence-corrected chi connectivity index (χ4v) is 2.12. The van der Waals surface area contributed by atoms with E-state index in [1.165, 1.54) is 0 Å². The Hall–Kier alpha value is -0.330. The predicted molar refractivity (Wildman–Crippen MR) is 59.7 cm³/mol. The van der Waals surface area contributed by atoms with E-state index in [0.717, 1.165) is 12.8 Å². The van der Waals surface area contributed by atoms with E-state index in [1.54, 1.807) is 0 Å². The minimum atomic E-state index is -4.19. The molecule has 0 saturated carbocycles. The standard InChI is InChI=1S/C11H21F3N2O/c1-2-17-10-3-5-16(6-4-10)8-9(7-15)11(12,13)14/h9-10H,2-8,15H2,1H3. The summed E-state index contributed by atoms with van der Waals surface area (Å²) in [7, 11) is 0. The van der Waals surface area contributed by atoms with Crippen LogP contribution in [0.1, 0.15) is 19.8 Å². The summed E-state index contributed by atoms with van der Waals surface area (Å²) in [5, 5.41) is 0. The van der Waals surface area contributed by atoms with E-state index < -0.39 is 12.1 Å². The van der Waals surface area contributed by atoms with Crippen molar-refractivity contribution in [2.24, 2.45) is 11.7 Å². The molecule has 0 aromatic heterocycles. The zero-order valence-electron chi connectivity index (χ0n) is 10.2. The van der Waals surface area contributed by atoms with Gasteiger partial charge in [-0.25, -0.2) is 0 Å². The van der Waals surface area contributed by atoms with Crippen molar-refractivity contribution in [2.75, 3.05) is 32.8 Å². The third-order valence-corrected chi connectivity index (χ3v) is 3.16. The van der Waals surface area contributed by atoms with Crippen molar-refractivity contribution in [3.05, 3.63) is 0 Å². The molecule has 0 spiro atoms. The van der Waals surface area contributed by atoms with Gasteiger partial charge in [-0.15, -0.1) is 0 Å². The Morgan fingerprint density at radius 2 is 1.94 bits per heavy atom. The second kappa shape index (κ2) is 6.56. The molecule has 6 heteroatoms. The number of likely N-dealkylation sites (tertiary alicyclic amines) is 1. The molecule has 102 valence electrons. The number of nitrogens with zero attached hydrogens (tertiary/aromatic N) is 1. The van der Waals surface area contributed by atoms with Crippen LogP contribution in [0.25, 0.3) is 0 Å². The van der Waals surface area contributed by atoms with Gasteiger partial charge >= 0.3 is 6.18 Å². The van der Waals surface area contributed by atoms with Crippen molar-refractivity contribution in [1.82, 2.24) is 4.90 Å². The molecule has 1 unspecified atom stereocenters. The van der Waals surface area contributed by atoms with Gasteiger partial charge in [0.2, 0.25) is 0 Å². The van der Waals surface area contributed by atoms with Crippen molar-refractivity contribution in [2.45, 2.75) is 32.0 Å². The van der Waals surface area contributed by atoms with Gasteiger partial charge in [0.05, 0.1) is 12.0 Å². The fourth-order valence-electron chi connectivity index (χ4n) is 2.12. The Labute approximate surface area is 100 Å². The Kier molecular flexibility index (Phi) is 5.69. The van der Waals surface area contributed by atoms with Crippen LogP contribution in [0.5, 0.6) is 0 Å². The minimum absolute atomic E-state index is 0.0127. The summed E-state index contributed by atoms with van der Waals surface area (Å²) in [6, 6.07) is 0. The fraction of sp³-hybridized carbons (Fsp3) is 1.00. The highest BCUT2D eigenvalue weighted by Gasteiger charge is 2.39. The van der Waals surface area contributed by atoms with Gasteiger partial charge in [-0.05, 0) is 19.8 Å². The minimum Gasteiger partial charge on any atom is -0.378 e. The monoisotopic (exact) mass is 254 g/mol. The molecule has 0 radical (unpaired) electrons. The van der Waals surface area contributed by atoms with Crippen molar-refractivity contribution >= 4 is 0 Å². The van der Waals surface area contributed by atoms with Gasteiger partial charge in [0, 0.05) is 32.8 Å². The molecule has 1 atom stereocenters. The molecule has 0 aliphatic carbocycles. The first-order valence-electron chi connectivity index (χ1n) is 6.08. The Bertz CT molecular complexity index is 215. The maximum absolute atomic E-state index is 12.5. The highest BCUT2D eigenvalue weighted by Crippen LogP contribution is 2.27. The van der Waals surface area contributed by atoms with Crippen molar-refractivity contribution in [3.8, 4) is 0 Å². The third kappa shape index (κ3) is 4.81. The lowest BCUT2D eigenvalue weighted by molar-refractivity contribution is -0.177. The van der Waals surface area contributed by atoms with Crippen LogP contribution in [0.4, 0.5) is 13.2 Å². The lowest BCUT2D eigenvalue weighted by Gasteiger charge is -2.34. The molecular weight excluding hydrogens is 233 g/mol. The van der Waals surface area contributed by atoms with Gasteiger partial charge in [-0.1, -0.05) is 0 Å². The predicted octanol–water partition coefficient (Wildman–Crippen LogP) is 1.62. The van der Waals surface area contributed by atoms with Gasteiger partial charge in [0.15, 0.2) is 0 Å². The number of halogens is 3. The van der Waals surface area contributed by atoms with Gasteiger partial charge in [-0.3, -0.25) is 0 Å². The normalized spacial score (nSPS) is 21.7. The highest BCUT2D eigenvalue weighted by atomic mass is 19.4. The summed E-state index contributed by atoms with van der Waals surface area (Å²) in [5.41, 5.74) is 5.18. The topological polar surface area (TPSA) is 38.5 Å². The van der Waals surface area contributed by atoms with E-state index in [2.05, 4.69) is 0 Å².